The number of nitrogens with one attached hydrogen (secondary N) is 1. The van der Waals surface area contributed by atoms with E-state index in [1.54, 1.807) is 7.11 Å². The SMILES string of the molecule is CC[N+]1(C2CCC(S)(CCOC)C(=O)N2)CCCC(S)C1=O. The number of carbonyl (C=O) groups is 2. The summed E-state index contributed by atoms with van der Waals surface area (Å²) in [7, 11) is 1.62. The van der Waals surface area contributed by atoms with E-state index in [2.05, 4.69) is 30.6 Å². The lowest BCUT2D eigenvalue weighted by Crippen LogP contribution is -2.71. The van der Waals surface area contributed by atoms with Crippen LogP contribution in [0.3, 0.4) is 0 Å². The number of amides is 2. The van der Waals surface area contributed by atoms with Gasteiger partial charge in [-0.1, -0.05) is 0 Å². The van der Waals surface area contributed by atoms with Crippen LogP contribution in [0.5, 0.6) is 0 Å². The predicted molar refractivity (Wildman–Crippen MR) is 92.1 cm³/mol. The first-order valence-corrected chi connectivity index (χ1v) is 8.97. The second-order valence-electron chi connectivity index (χ2n) is 6.37. The normalized spacial score (nSPS) is 39.6. The molecular formula is C15H27N2O3S2+. The maximum absolute atomic E-state index is 12.7. The van der Waals surface area contributed by atoms with Crippen LogP contribution in [-0.2, 0) is 14.3 Å². The molecule has 0 saturated carbocycles. The second kappa shape index (κ2) is 7.11. The molecule has 0 radical (unpaired) electrons. The first-order valence-electron chi connectivity index (χ1n) is 8.01. The highest BCUT2D eigenvalue weighted by Gasteiger charge is 2.52. The van der Waals surface area contributed by atoms with Gasteiger partial charge in [0.1, 0.15) is 5.25 Å². The molecule has 1 N–H and O–H groups in total. The monoisotopic (exact) mass is 347 g/mol. The van der Waals surface area contributed by atoms with Gasteiger partial charge in [-0.15, -0.1) is 0 Å². The number of piperidine rings is 2. The summed E-state index contributed by atoms with van der Waals surface area (Å²) in [5.74, 6) is 0.0649. The topological polar surface area (TPSA) is 55.4 Å². The number of quaternary nitrogens is 1. The third-order valence-corrected chi connectivity index (χ3v) is 6.32. The number of nitrogens with zero attached hydrogens (tertiary/aromatic N) is 1. The van der Waals surface area contributed by atoms with Crippen molar-refractivity contribution in [1.82, 2.24) is 5.32 Å². The molecule has 0 aromatic carbocycles. The summed E-state index contributed by atoms with van der Waals surface area (Å²) in [6, 6.07) is 0. The molecule has 2 fully saturated rings. The minimum atomic E-state index is -0.691. The van der Waals surface area contributed by atoms with Gasteiger partial charge in [-0.3, -0.25) is 4.79 Å². The zero-order valence-electron chi connectivity index (χ0n) is 13.4. The average molecular weight is 348 g/mol. The van der Waals surface area contributed by atoms with E-state index in [1.165, 1.54) is 0 Å². The minimum absolute atomic E-state index is 0.0795. The molecule has 0 aliphatic carbocycles. The molecule has 7 heteroatoms. The number of hydrogen-bond acceptors (Lipinski definition) is 5. The standard InChI is InChI=1S/C15H26N2O3S2/c1-3-17(9-4-5-11(21)13(17)18)12-6-7-15(22,8-10-20-2)14(19)16-12/h11-12H,3-10H2,1-2H3,(H2-,16,19,21,22)/p+1. The molecule has 2 rings (SSSR count). The summed E-state index contributed by atoms with van der Waals surface area (Å²) in [5, 5.41) is 2.85. The smallest absolute Gasteiger partial charge is 0.328 e. The highest BCUT2D eigenvalue weighted by atomic mass is 32.1. The molecule has 0 bridgehead atoms. The summed E-state index contributed by atoms with van der Waals surface area (Å²) in [5.41, 5.74) is 0. The third-order valence-electron chi connectivity index (χ3n) is 5.19. The summed E-state index contributed by atoms with van der Waals surface area (Å²) in [6.45, 7) is 4.00. The van der Waals surface area contributed by atoms with Gasteiger partial charge < -0.3 is 10.1 Å². The fourth-order valence-corrected chi connectivity index (χ4v) is 4.37. The van der Waals surface area contributed by atoms with E-state index in [0.717, 1.165) is 25.8 Å². The lowest BCUT2D eigenvalue weighted by Gasteiger charge is -2.48. The van der Waals surface area contributed by atoms with Crippen LogP contribution in [0.15, 0.2) is 0 Å². The Morgan fingerprint density at radius 1 is 1.41 bits per heavy atom. The maximum Gasteiger partial charge on any atom is 0.328 e. The maximum atomic E-state index is 12.7. The Kier molecular flexibility index (Phi) is 5.85. The van der Waals surface area contributed by atoms with Gasteiger partial charge in [0.2, 0.25) is 5.91 Å². The molecule has 2 aliphatic rings. The largest absolute Gasteiger partial charge is 0.385 e. The number of ether oxygens (including phenoxy) is 1. The number of likely N-dealkylation sites (tertiary alicyclic amines) is 1. The summed E-state index contributed by atoms with van der Waals surface area (Å²) >= 11 is 9.02. The lowest BCUT2D eigenvalue weighted by molar-refractivity contribution is -0.884. The van der Waals surface area contributed by atoms with Gasteiger partial charge in [-0.25, -0.2) is 9.28 Å². The van der Waals surface area contributed by atoms with Crippen molar-refractivity contribution in [1.29, 1.82) is 0 Å². The summed E-state index contributed by atoms with van der Waals surface area (Å²) in [4.78, 5) is 25.3. The fraction of sp³-hybridized carbons (Fsp3) is 0.867. The Labute approximate surface area is 143 Å². The molecule has 2 amide bonds. The van der Waals surface area contributed by atoms with Crippen LogP contribution in [-0.4, -0.2) is 59.3 Å². The van der Waals surface area contributed by atoms with Gasteiger partial charge in [0, 0.05) is 20.1 Å². The molecule has 0 aromatic heterocycles. The van der Waals surface area contributed by atoms with E-state index in [4.69, 9.17) is 4.74 Å². The van der Waals surface area contributed by atoms with Crippen molar-refractivity contribution in [2.45, 2.75) is 55.2 Å². The van der Waals surface area contributed by atoms with Gasteiger partial charge in [-0.05, 0) is 32.6 Å². The Morgan fingerprint density at radius 3 is 2.73 bits per heavy atom. The zero-order chi connectivity index (χ0) is 16.4. The number of thiol groups is 2. The molecule has 0 spiro atoms. The van der Waals surface area contributed by atoms with Crippen LogP contribution in [0.1, 0.15) is 39.0 Å². The number of rotatable bonds is 5. The molecule has 2 heterocycles. The Morgan fingerprint density at radius 2 is 2.14 bits per heavy atom. The minimum Gasteiger partial charge on any atom is -0.385 e. The highest BCUT2D eigenvalue weighted by molar-refractivity contribution is 7.82. The second-order valence-corrected chi connectivity index (χ2v) is 7.85. The van der Waals surface area contributed by atoms with Crippen LogP contribution >= 0.6 is 25.3 Å². The number of hydrogen-bond donors (Lipinski definition) is 3. The molecule has 0 aromatic rings. The number of methoxy groups -OCH3 is 1. The van der Waals surface area contributed by atoms with E-state index in [1.807, 2.05) is 6.92 Å². The van der Waals surface area contributed by atoms with Gasteiger partial charge in [0.25, 0.3) is 0 Å². The van der Waals surface area contributed by atoms with Crippen LogP contribution in [0.4, 0.5) is 0 Å². The van der Waals surface area contributed by atoms with Crippen LogP contribution in [0, 0.1) is 0 Å². The molecule has 4 unspecified atom stereocenters. The molecule has 126 valence electrons. The third kappa shape index (κ3) is 3.18. The molecule has 5 nitrogen and oxygen atoms in total. The van der Waals surface area contributed by atoms with Crippen molar-refractivity contribution >= 4 is 37.1 Å². The van der Waals surface area contributed by atoms with Crippen LogP contribution < -0.4 is 5.32 Å². The van der Waals surface area contributed by atoms with Gasteiger partial charge in [0.05, 0.1) is 17.8 Å². The van der Waals surface area contributed by atoms with Crippen molar-refractivity contribution in [2.75, 3.05) is 26.8 Å². The van der Waals surface area contributed by atoms with Crippen molar-refractivity contribution < 1.29 is 18.8 Å². The Hall–Kier alpha value is -0.240. The molecule has 2 saturated heterocycles. The zero-order valence-corrected chi connectivity index (χ0v) is 15.2. The Bertz CT molecular complexity index is 449. The quantitative estimate of drug-likeness (QED) is 0.520. The van der Waals surface area contributed by atoms with Crippen LogP contribution in [0.2, 0.25) is 0 Å². The highest BCUT2D eigenvalue weighted by Crippen LogP contribution is 2.35. The first kappa shape index (κ1) is 18.1. The van der Waals surface area contributed by atoms with E-state index in [-0.39, 0.29) is 23.2 Å². The van der Waals surface area contributed by atoms with E-state index >= 15 is 0 Å². The van der Waals surface area contributed by atoms with Gasteiger partial charge >= 0.3 is 5.91 Å². The van der Waals surface area contributed by atoms with Crippen molar-refractivity contribution in [3.05, 3.63) is 0 Å². The van der Waals surface area contributed by atoms with E-state index in [0.29, 0.717) is 30.5 Å². The molecular weight excluding hydrogens is 320 g/mol. The van der Waals surface area contributed by atoms with E-state index in [9.17, 15) is 9.59 Å². The predicted octanol–water partition coefficient (Wildman–Crippen LogP) is 1.38. The number of carbonyl (C=O) groups excluding carboxylic acids is 2. The van der Waals surface area contributed by atoms with Crippen LogP contribution in [0.25, 0.3) is 0 Å². The van der Waals surface area contributed by atoms with E-state index < -0.39 is 4.75 Å². The summed E-state index contributed by atoms with van der Waals surface area (Å²) < 4.78 is 4.71. The van der Waals surface area contributed by atoms with Gasteiger partial charge in [0.15, 0.2) is 6.17 Å². The average Bonchev–Trinajstić information content (AvgIpc) is 2.51. The molecule has 22 heavy (non-hydrogen) atoms. The summed E-state index contributed by atoms with van der Waals surface area (Å²) in [6.07, 6.45) is 3.66. The first-order chi connectivity index (χ1) is 10.4. The van der Waals surface area contributed by atoms with Crippen molar-refractivity contribution in [3.8, 4) is 0 Å². The fourth-order valence-electron chi connectivity index (χ4n) is 3.67. The molecule has 2 aliphatic heterocycles. The van der Waals surface area contributed by atoms with Gasteiger partial charge in [-0.2, -0.15) is 25.3 Å². The molecule has 4 atom stereocenters. The van der Waals surface area contributed by atoms with Crippen molar-refractivity contribution in [3.63, 3.8) is 0 Å². The Balaban J connectivity index is 2.14. The lowest BCUT2D eigenvalue weighted by atomic mass is 9.90. The van der Waals surface area contributed by atoms with Crippen molar-refractivity contribution in [2.24, 2.45) is 0 Å².